The quantitative estimate of drug-likeness (QED) is 0.444. The van der Waals surface area contributed by atoms with Gasteiger partial charge >= 0.3 is 0 Å². The number of nitrogens with zero attached hydrogens (tertiary/aromatic N) is 5. The molecule has 0 aromatic carbocycles. The van der Waals surface area contributed by atoms with Crippen LogP contribution >= 0.6 is 0 Å². The zero-order valence-electron chi connectivity index (χ0n) is 17.7. The van der Waals surface area contributed by atoms with Crippen molar-refractivity contribution < 1.29 is 0 Å². The Bertz CT molecular complexity index is 1150. The van der Waals surface area contributed by atoms with E-state index >= 15 is 0 Å². The molecule has 0 amide bonds. The molecule has 4 aromatic rings. The van der Waals surface area contributed by atoms with Crippen LogP contribution in [0, 0.1) is 31.1 Å². The van der Waals surface area contributed by atoms with Crippen LogP contribution in [0.15, 0.2) is 72.8 Å². The molecule has 5 heteroatoms. The van der Waals surface area contributed by atoms with E-state index in [1.807, 2.05) is 86.6 Å². The fourth-order valence-corrected chi connectivity index (χ4v) is 3.51. The number of aromatic nitrogens is 4. The average molecular weight is 406 g/mol. The van der Waals surface area contributed by atoms with Crippen molar-refractivity contribution in [3.63, 3.8) is 0 Å². The smallest absolute Gasteiger partial charge is 0.0889 e. The number of hydrogen-bond donors (Lipinski definition) is 0. The molecule has 0 saturated carbocycles. The largest absolute Gasteiger partial charge is 0.251 e. The Morgan fingerprint density at radius 1 is 0.613 bits per heavy atom. The lowest BCUT2D eigenvalue weighted by Gasteiger charge is -2.11. The number of rotatable bonds is 6. The molecule has 0 radical (unpaired) electrons. The van der Waals surface area contributed by atoms with E-state index in [4.69, 9.17) is 9.97 Å². The fraction of sp³-hybridized carbons (Fsp3) is 0.192. The van der Waals surface area contributed by atoms with E-state index in [2.05, 4.69) is 16.0 Å². The first-order chi connectivity index (χ1) is 15.1. The van der Waals surface area contributed by atoms with Crippen molar-refractivity contribution in [2.75, 3.05) is 0 Å². The van der Waals surface area contributed by atoms with Crippen LogP contribution in [0.2, 0.25) is 0 Å². The topological polar surface area (TPSA) is 75.3 Å². The maximum Gasteiger partial charge on any atom is 0.0889 e. The van der Waals surface area contributed by atoms with Crippen LogP contribution in [0.4, 0.5) is 0 Å². The van der Waals surface area contributed by atoms with E-state index in [-0.39, 0.29) is 5.92 Å². The molecule has 31 heavy (non-hydrogen) atoms. The van der Waals surface area contributed by atoms with Crippen molar-refractivity contribution in [3.8, 4) is 28.8 Å². The van der Waals surface area contributed by atoms with Crippen LogP contribution in [0.25, 0.3) is 22.8 Å². The summed E-state index contributed by atoms with van der Waals surface area (Å²) >= 11 is 0. The average Bonchev–Trinajstić information content (AvgIpc) is 2.79. The standard InChI is InChI=1S/C26H23N5/c1-18-7-3-11-23(28-18)25-13-5-9-21(30-25)15-20(17-27)16-22-10-6-14-26(31-22)24-12-4-8-19(2)29-24/h3-14,20H,15-16H2,1-2H3. The van der Waals surface area contributed by atoms with Gasteiger partial charge in [0.05, 0.1) is 34.8 Å². The second-order valence-corrected chi connectivity index (χ2v) is 7.59. The van der Waals surface area contributed by atoms with Gasteiger partial charge in [0.2, 0.25) is 0 Å². The van der Waals surface area contributed by atoms with E-state index in [1.54, 1.807) is 0 Å². The summed E-state index contributed by atoms with van der Waals surface area (Å²) in [5.74, 6) is -0.221. The summed E-state index contributed by atoms with van der Waals surface area (Å²) in [6, 6.07) is 26.0. The number of pyridine rings is 4. The summed E-state index contributed by atoms with van der Waals surface area (Å²) in [5, 5.41) is 9.76. The lowest BCUT2D eigenvalue weighted by molar-refractivity contribution is 0.637. The van der Waals surface area contributed by atoms with Gasteiger partial charge in [-0.05, 0) is 62.4 Å². The Morgan fingerprint density at radius 2 is 1.00 bits per heavy atom. The van der Waals surface area contributed by atoms with Gasteiger partial charge < -0.3 is 0 Å². The van der Waals surface area contributed by atoms with Gasteiger partial charge in [0.15, 0.2) is 0 Å². The lowest BCUT2D eigenvalue weighted by atomic mass is 9.98. The van der Waals surface area contributed by atoms with Crippen LogP contribution in [-0.2, 0) is 12.8 Å². The van der Waals surface area contributed by atoms with E-state index in [9.17, 15) is 5.26 Å². The van der Waals surface area contributed by atoms with Gasteiger partial charge in [-0.15, -0.1) is 0 Å². The summed E-state index contributed by atoms with van der Waals surface area (Å²) in [4.78, 5) is 18.6. The Kier molecular flexibility index (Phi) is 6.09. The first-order valence-corrected chi connectivity index (χ1v) is 10.3. The van der Waals surface area contributed by atoms with Crippen LogP contribution in [0.5, 0.6) is 0 Å². The Labute approximate surface area is 182 Å². The predicted octanol–water partition coefficient (Wildman–Crippen LogP) is 5.14. The van der Waals surface area contributed by atoms with Gasteiger partial charge in [0.1, 0.15) is 0 Å². The summed E-state index contributed by atoms with van der Waals surface area (Å²) in [7, 11) is 0. The van der Waals surface area contributed by atoms with Gasteiger partial charge in [-0.3, -0.25) is 19.9 Å². The first kappa shape index (κ1) is 20.4. The molecule has 0 aliphatic carbocycles. The molecule has 4 rings (SSSR count). The molecule has 4 heterocycles. The molecule has 0 spiro atoms. The second-order valence-electron chi connectivity index (χ2n) is 7.59. The third-order valence-electron chi connectivity index (χ3n) is 5.01. The lowest BCUT2D eigenvalue weighted by Crippen LogP contribution is -2.09. The van der Waals surface area contributed by atoms with Gasteiger partial charge in [-0.25, -0.2) is 0 Å². The maximum atomic E-state index is 9.76. The monoisotopic (exact) mass is 405 g/mol. The van der Waals surface area contributed by atoms with Gasteiger partial charge in [-0.1, -0.05) is 24.3 Å². The zero-order valence-corrected chi connectivity index (χ0v) is 17.7. The molecule has 0 bridgehead atoms. The van der Waals surface area contributed by atoms with Crippen molar-refractivity contribution in [2.45, 2.75) is 26.7 Å². The fourth-order valence-electron chi connectivity index (χ4n) is 3.51. The molecular weight excluding hydrogens is 382 g/mol. The number of aryl methyl sites for hydroxylation is 2. The Balaban J connectivity index is 1.51. The van der Waals surface area contributed by atoms with Crippen molar-refractivity contribution in [1.29, 1.82) is 5.26 Å². The summed E-state index contributed by atoms with van der Waals surface area (Å²) in [5.41, 5.74) is 6.99. The third kappa shape index (κ3) is 5.18. The minimum absolute atomic E-state index is 0.221. The number of hydrogen-bond acceptors (Lipinski definition) is 5. The van der Waals surface area contributed by atoms with Crippen LogP contribution in [0.3, 0.4) is 0 Å². The zero-order chi connectivity index (χ0) is 21.6. The first-order valence-electron chi connectivity index (χ1n) is 10.3. The molecule has 0 aliphatic heterocycles. The third-order valence-corrected chi connectivity index (χ3v) is 5.01. The second kappa shape index (κ2) is 9.27. The minimum Gasteiger partial charge on any atom is -0.251 e. The molecular formula is C26H23N5. The van der Waals surface area contributed by atoms with Crippen molar-refractivity contribution >= 4 is 0 Å². The highest BCUT2D eigenvalue weighted by molar-refractivity contribution is 5.55. The molecule has 152 valence electrons. The SMILES string of the molecule is Cc1cccc(-c2cccc(CC(C#N)Cc3cccc(-c4cccc(C)n4)n3)n2)n1. The van der Waals surface area contributed by atoms with E-state index in [1.165, 1.54) is 0 Å². The molecule has 0 saturated heterocycles. The van der Waals surface area contributed by atoms with Crippen molar-refractivity contribution in [2.24, 2.45) is 5.92 Å². The Morgan fingerprint density at radius 3 is 1.39 bits per heavy atom. The van der Waals surface area contributed by atoms with Crippen molar-refractivity contribution in [1.82, 2.24) is 19.9 Å². The molecule has 0 aliphatic rings. The summed E-state index contributed by atoms with van der Waals surface area (Å²) < 4.78 is 0. The van der Waals surface area contributed by atoms with Crippen LogP contribution < -0.4 is 0 Å². The van der Waals surface area contributed by atoms with Crippen LogP contribution in [-0.4, -0.2) is 19.9 Å². The molecule has 0 N–H and O–H groups in total. The molecule has 0 unspecified atom stereocenters. The highest BCUT2D eigenvalue weighted by Crippen LogP contribution is 2.20. The van der Waals surface area contributed by atoms with Crippen molar-refractivity contribution in [3.05, 3.63) is 95.6 Å². The van der Waals surface area contributed by atoms with E-state index in [0.717, 1.165) is 45.6 Å². The Hall–Kier alpha value is -3.91. The molecule has 5 nitrogen and oxygen atoms in total. The van der Waals surface area contributed by atoms with Gasteiger partial charge in [0, 0.05) is 35.6 Å². The maximum absolute atomic E-state index is 9.76. The summed E-state index contributed by atoms with van der Waals surface area (Å²) in [6.07, 6.45) is 1.12. The minimum atomic E-state index is -0.221. The van der Waals surface area contributed by atoms with E-state index < -0.39 is 0 Å². The van der Waals surface area contributed by atoms with Crippen LogP contribution in [0.1, 0.15) is 22.8 Å². The molecule has 0 fully saturated rings. The number of nitriles is 1. The highest BCUT2D eigenvalue weighted by Gasteiger charge is 2.14. The predicted molar refractivity (Wildman–Crippen MR) is 121 cm³/mol. The van der Waals surface area contributed by atoms with Gasteiger partial charge in [0.25, 0.3) is 0 Å². The van der Waals surface area contributed by atoms with E-state index in [0.29, 0.717) is 12.8 Å². The molecule has 4 aromatic heterocycles. The normalized spacial score (nSPS) is 10.8. The van der Waals surface area contributed by atoms with Gasteiger partial charge in [-0.2, -0.15) is 5.26 Å². The highest BCUT2D eigenvalue weighted by atomic mass is 14.8. The molecule has 0 atom stereocenters. The summed E-state index contributed by atoms with van der Waals surface area (Å²) in [6.45, 7) is 3.93.